The maximum atomic E-state index is 12.2. The summed E-state index contributed by atoms with van der Waals surface area (Å²) in [6.07, 6.45) is 0.899. The first-order chi connectivity index (χ1) is 13.6. The number of benzene rings is 2. The zero-order chi connectivity index (χ0) is 19.9. The lowest BCUT2D eigenvalue weighted by molar-refractivity contribution is -0.116. The van der Waals surface area contributed by atoms with Crippen LogP contribution >= 0.6 is 0 Å². The van der Waals surface area contributed by atoms with E-state index in [9.17, 15) is 9.59 Å². The molecule has 0 fully saturated rings. The molecule has 0 aliphatic rings. The molecule has 0 bridgehead atoms. The van der Waals surface area contributed by atoms with E-state index in [1.165, 1.54) is 11.9 Å². The van der Waals surface area contributed by atoms with Gasteiger partial charge in [0.15, 0.2) is 0 Å². The van der Waals surface area contributed by atoms with E-state index in [4.69, 9.17) is 4.74 Å². The zero-order valence-corrected chi connectivity index (χ0v) is 15.8. The van der Waals surface area contributed by atoms with Crippen LogP contribution in [-0.4, -0.2) is 39.2 Å². The van der Waals surface area contributed by atoms with Crippen LogP contribution < -0.4 is 5.32 Å². The van der Waals surface area contributed by atoms with Gasteiger partial charge in [-0.05, 0) is 42.3 Å². The molecule has 3 aromatic rings. The second kappa shape index (κ2) is 8.90. The summed E-state index contributed by atoms with van der Waals surface area (Å²) in [6.45, 7) is 2.32. The van der Waals surface area contributed by atoms with Gasteiger partial charge in [0.05, 0.1) is 19.2 Å². The molecule has 1 amide bonds. The third kappa shape index (κ3) is 4.79. The van der Waals surface area contributed by atoms with Gasteiger partial charge in [-0.15, -0.1) is 10.2 Å². The summed E-state index contributed by atoms with van der Waals surface area (Å²) in [5.74, 6) is 0.0415. The summed E-state index contributed by atoms with van der Waals surface area (Å²) in [7, 11) is 1.33. The van der Waals surface area contributed by atoms with Crippen LogP contribution in [0.2, 0.25) is 0 Å². The van der Waals surface area contributed by atoms with E-state index in [1.54, 1.807) is 18.2 Å². The number of rotatable bonds is 7. The van der Waals surface area contributed by atoms with Crippen LogP contribution in [0.1, 0.15) is 28.8 Å². The molecule has 1 heterocycles. The molecule has 144 valence electrons. The van der Waals surface area contributed by atoms with Gasteiger partial charge in [-0.2, -0.15) is 4.80 Å². The van der Waals surface area contributed by atoms with Gasteiger partial charge in [0.1, 0.15) is 0 Å². The SMILES string of the molecule is COC(=O)c1ccc(NC(=O)CCCn2nnc(-c3ccccc3)n2)c(C)c1. The van der Waals surface area contributed by atoms with Gasteiger partial charge < -0.3 is 10.1 Å². The molecular weight excluding hydrogens is 358 g/mol. The highest BCUT2D eigenvalue weighted by molar-refractivity contribution is 5.94. The number of esters is 1. The molecule has 3 rings (SSSR count). The van der Waals surface area contributed by atoms with E-state index in [0.717, 1.165) is 11.1 Å². The summed E-state index contributed by atoms with van der Waals surface area (Å²) < 4.78 is 4.69. The Bertz CT molecular complexity index is 969. The van der Waals surface area contributed by atoms with Crippen molar-refractivity contribution in [3.8, 4) is 11.4 Å². The number of nitrogens with zero attached hydrogens (tertiary/aromatic N) is 4. The van der Waals surface area contributed by atoms with Crippen LogP contribution in [0.15, 0.2) is 48.5 Å². The number of ether oxygens (including phenoxy) is 1. The summed E-state index contributed by atoms with van der Waals surface area (Å²) in [6, 6.07) is 14.6. The quantitative estimate of drug-likeness (QED) is 0.634. The summed E-state index contributed by atoms with van der Waals surface area (Å²) >= 11 is 0. The van der Waals surface area contributed by atoms with Crippen LogP contribution in [0, 0.1) is 6.92 Å². The monoisotopic (exact) mass is 379 g/mol. The number of nitrogens with one attached hydrogen (secondary N) is 1. The lowest BCUT2D eigenvalue weighted by Crippen LogP contribution is -2.14. The van der Waals surface area contributed by atoms with Crippen LogP contribution in [0.4, 0.5) is 5.69 Å². The fraction of sp³-hybridized carbons (Fsp3) is 0.250. The predicted molar refractivity (Wildman–Crippen MR) is 104 cm³/mol. The first kappa shape index (κ1) is 19.2. The highest BCUT2D eigenvalue weighted by Crippen LogP contribution is 2.18. The van der Waals surface area contributed by atoms with Crippen molar-refractivity contribution in [1.82, 2.24) is 20.2 Å². The Balaban J connectivity index is 1.50. The normalized spacial score (nSPS) is 10.5. The van der Waals surface area contributed by atoms with Gasteiger partial charge in [0.25, 0.3) is 0 Å². The van der Waals surface area contributed by atoms with Crippen molar-refractivity contribution < 1.29 is 14.3 Å². The van der Waals surface area contributed by atoms with Crippen molar-refractivity contribution in [2.24, 2.45) is 0 Å². The van der Waals surface area contributed by atoms with Crippen LogP contribution in [-0.2, 0) is 16.1 Å². The molecule has 0 radical (unpaired) electrons. The third-order valence-corrected chi connectivity index (χ3v) is 4.17. The number of hydrogen-bond acceptors (Lipinski definition) is 6. The number of carbonyl (C=O) groups is 2. The molecule has 8 nitrogen and oxygen atoms in total. The molecule has 0 spiro atoms. The van der Waals surface area contributed by atoms with E-state index in [0.29, 0.717) is 36.5 Å². The van der Waals surface area contributed by atoms with E-state index in [1.807, 2.05) is 37.3 Å². The van der Waals surface area contributed by atoms with Crippen molar-refractivity contribution in [2.45, 2.75) is 26.3 Å². The Morgan fingerprint density at radius 1 is 1.14 bits per heavy atom. The average Bonchev–Trinajstić information content (AvgIpc) is 3.18. The van der Waals surface area contributed by atoms with Gasteiger partial charge >= 0.3 is 5.97 Å². The molecule has 0 unspecified atom stereocenters. The van der Waals surface area contributed by atoms with Crippen molar-refractivity contribution in [3.05, 3.63) is 59.7 Å². The van der Waals surface area contributed by atoms with Crippen LogP contribution in [0.3, 0.4) is 0 Å². The molecule has 8 heteroatoms. The lowest BCUT2D eigenvalue weighted by Gasteiger charge is -2.09. The Labute approximate surface area is 162 Å². The Hall–Kier alpha value is -3.55. The second-order valence-corrected chi connectivity index (χ2v) is 6.25. The molecular formula is C20H21N5O3. The molecule has 0 saturated carbocycles. The molecule has 1 aromatic heterocycles. The number of aromatic nitrogens is 4. The fourth-order valence-corrected chi connectivity index (χ4v) is 2.68. The van der Waals surface area contributed by atoms with E-state index in [-0.39, 0.29) is 5.91 Å². The number of aryl methyl sites for hydroxylation is 2. The van der Waals surface area contributed by atoms with Crippen molar-refractivity contribution >= 4 is 17.6 Å². The largest absolute Gasteiger partial charge is 0.465 e. The molecule has 0 aliphatic heterocycles. The maximum absolute atomic E-state index is 12.2. The number of methoxy groups -OCH3 is 1. The topological polar surface area (TPSA) is 99.0 Å². The van der Waals surface area contributed by atoms with Gasteiger partial charge in [0.2, 0.25) is 11.7 Å². The van der Waals surface area contributed by atoms with Crippen LogP contribution in [0.25, 0.3) is 11.4 Å². The first-order valence-electron chi connectivity index (χ1n) is 8.89. The Morgan fingerprint density at radius 3 is 2.64 bits per heavy atom. The lowest BCUT2D eigenvalue weighted by atomic mass is 10.1. The minimum absolute atomic E-state index is 0.114. The first-order valence-corrected chi connectivity index (χ1v) is 8.89. The maximum Gasteiger partial charge on any atom is 0.337 e. The highest BCUT2D eigenvalue weighted by Gasteiger charge is 2.10. The van der Waals surface area contributed by atoms with Gasteiger partial charge in [-0.1, -0.05) is 30.3 Å². The molecule has 28 heavy (non-hydrogen) atoms. The predicted octanol–water partition coefficient (Wildman–Crippen LogP) is 2.85. The summed E-state index contributed by atoms with van der Waals surface area (Å²) in [5, 5.41) is 15.2. The number of tetrazole rings is 1. The number of amides is 1. The van der Waals surface area contributed by atoms with E-state index >= 15 is 0 Å². The molecule has 0 aliphatic carbocycles. The number of anilines is 1. The van der Waals surface area contributed by atoms with Crippen molar-refractivity contribution in [3.63, 3.8) is 0 Å². The molecule has 0 atom stereocenters. The number of hydrogen-bond donors (Lipinski definition) is 1. The average molecular weight is 379 g/mol. The van der Waals surface area contributed by atoms with Gasteiger partial charge in [-0.25, -0.2) is 4.79 Å². The Kier molecular flexibility index (Phi) is 6.11. The summed E-state index contributed by atoms with van der Waals surface area (Å²) in [4.78, 5) is 25.2. The van der Waals surface area contributed by atoms with Crippen LogP contribution in [0.5, 0.6) is 0 Å². The molecule has 0 saturated heterocycles. The van der Waals surface area contributed by atoms with Gasteiger partial charge in [0, 0.05) is 17.7 Å². The minimum atomic E-state index is -0.406. The zero-order valence-electron chi connectivity index (χ0n) is 15.8. The van der Waals surface area contributed by atoms with Crippen molar-refractivity contribution in [2.75, 3.05) is 12.4 Å². The highest BCUT2D eigenvalue weighted by atomic mass is 16.5. The van der Waals surface area contributed by atoms with E-state index < -0.39 is 5.97 Å². The fourth-order valence-electron chi connectivity index (χ4n) is 2.68. The molecule has 1 N–H and O–H groups in total. The summed E-state index contributed by atoms with van der Waals surface area (Å²) in [5.41, 5.74) is 2.81. The molecule has 2 aromatic carbocycles. The number of carbonyl (C=O) groups excluding carboxylic acids is 2. The van der Waals surface area contributed by atoms with E-state index in [2.05, 4.69) is 20.7 Å². The Morgan fingerprint density at radius 2 is 1.93 bits per heavy atom. The minimum Gasteiger partial charge on any atom is -0.465 e. The third-order valence-electron chi connectivity index (χ3n) is 4.17. The van der Waals surface area contributed by atoms with Gasteiger partial charge in [-0.3, -0.25) is 4.79 Å². The smallest absolute Gasteiger partial charge is 0.337 e. The standard InChI is InChI=1S/C20H21N5O3/c1-14-13-16(20(27)28-2)10-11-17(14)21-18(26)9-6-12-25-23-19(22-24-25)15-7-4-3-5-8-15/h3-5,7-8,10-11,13H,6,9,12H2,1-2H3,(H,21,26). The second-order valence-electron chi connectivity index (χ2n) is 6.25. The van der Waals surface area contributed by atoms with Crippen molar-refractivity contribution in [1.29, 1.82) is 0 Å².